The number of rotatable bonds is 5. The quantitative estimate of drug-likeness (QED) is 0.741. The highest BCUT2D eigenvalue weighted by Gasteiger charge is 2.20. The van der Waals surface area contributed by atoms with Crippen molar-refractivity contribution < 1.29 is 0 Å². The summed E-state index contributed by atoms with van der Waals surface area (Å²) in [5.41, 5.74) is 8.93. The van der Waals surface area contributed by atoms with Crippen molar-refractivity contribution in [2.75, 3.05) is 37.6 Å². The van der Waals surface area contributed by atoms with Crippen LogP contribution in [0.1, 0.15) is 5.56 Å². The zero-order valence-corrected chi connectivity index (χ0v) is 14.3. The maximum absolute atomic E-state index is 6.44. The molecule has 1 aliphatic heterocycles. The number of hydrogen-bond acceptors (Lipinski definition) is 5. The largest absolute Gasteiger partial charge is 0.361 e. The second kappa shape index (κ2) is 7.21. The zero-order valence-electron chi connectivity index (χ0n) is 14.3. The van der Waals surface area contributed by atoms with Crippen LogP contribution < -0.4 is 10.6 Å². The molecule has 1 aliphatic rings. The molecule has 4 rings (SSSR count). The Labute approximate surface area is 147 Å². The topological polar surface area (TPSA) is 74.1 Å². The minimum Gasteiger partial charge on any atom is -0.361 e. The van der Waals surface area contributed by atoms with Gasteiger partial charge in [-0.25, -0.2) is 9.97 Å². The third kappa shape index (κ3) is 3.65. The number of anilines is 1. The van der Waals surface area contributed by atoms with E-state index in [-0.39, 0.29) is 6.04 Å². The summed E-state index contributed by atoms with van der Waals surface area (Å²) in [6.07, 6.45) is 6.58. The monoisotopic (exact) mass is 336 g/mol. The van der Waals surface area contributed by atoms with Crippen LogP contribution in [0.5, 0.6) is 0 Å². The van der Waals surface area contributed by atoms with Crippen LogP contribution in [0.4, 0.5) is 5.95 Å². The van der Waals surface area contributed by atoms with E-state index in [0.717, 1.165) is 45.1 Å². The van der Waals surface area contributed by atoms with Crippen molar-refractivity contribution in [2.45, 2.75) is 12.5 Å². The first-order chi connectivity index (χ1) is 12.3. The molecule has 0 amide bonds. The molecule has 3 heterocycles. The molecule has 3 aromatic rings. The van der Waals surface area contributed by atoms with E-state index in [1.807, 2.05) is 6.07 Å². The molecule has 1 aromatic carbocycles. The van der Waals surface area contributed by atoms with E-state index in [9.17, 15) is 0 Å². The number of nitrogens with zero attached hydrogens (tertiary/aromatic N) is 4. The highest BCUT2D eigenvalue weighted by Crippen LogP contribution is 2.19. The highest BCUT2D eigenvalue weighted by molar-refractivity contribution is 5.83. The molecule has 0 aliphatic carbocycles. The molecule has 25 heavy (non-hydrogen) atoms. The molecule has 6 nitrogen and oxygen atoms in total. The smallest absolute Gasteiger partial charge is 0.225 e. The summed E-state index contributed by atoms with van der Waals surface area (Å²) in [4.78, 5) is 16.7. The van der Waals surface area contributed by atoms with E-state index < -0.39 is 0 Å². The first-order valence-corrected chi connectivity index (χ1v) is 8.84. The summed E-state index contributed by atoms with van der Waals surface area (Å²) in [6.45, 7) is 4.82. The summed E-state index contributed by atoms with van der Waals surface area (Å²) in [5, 5.41) is 1.28. The molecule has 6 heteroatoms. The molecule has 0 bridgehead atoms. The van der Waals surface area contributed by atoms with Crippen LogP contribution in [0, 0.1) is 0 Å². The predicted molar refractivity (Wildman–Crippen MR) is 101 cm³/mol. The summed E-state index contributed by atoms with van der Waals surface area (Å²) >= 11 is 0. The molecule has 0 spiro atoms. The van der Waals surface area contributed by atoms with Gasteiger partial charge in [-0.15, -0.1) is 0 Å². The van der Waals surface area contributed by atoms with E-state index in [0.29, 0.717) is 0 Å². The van der Waals surface area contributed by atoms with Gasteiger partial charge in [-0.3, -0.25) is 4.90 Å². The van der Waals surface area contributed by atoms with Crippen LogP contribution in [0.15, 0.2) is 48.9 Å². The summed E-state index contributed by atoms with van der Waals surface area (Å²) < 4.78 is 0. The van der Waals surface area contributed by atoms with Crippen LogP contribution in [0.2, 0.25) is 0 Å². The van der Waals surface area contributed by atoms with Crippen LogP contribution in [0.25, 0.3) is 10.9 Å². The SMILES string of the molecule is N[C@@H](Cc1c[nH]c2ccccc12)CN1CCN(c2ncccn2)CC1. The second-order valence-electron chi connectivity index (χ2n) is 6.66. The summed E-state index contributed by atoms with van der Waals surface area (Å²) in [6, 6.07) is 10.4. The van der Waals surface area contributed by atoms with Crippen molar-refractivity contribution in [3.8, 4) is 0 Å². The van der Waals surface area contributed by atoms with Crippen LogP contribution in [0.3, 0.4) is 0 Å². The highest BCUT2D eigenvalue weighted by atomic mass is 15.3. The van der Waals surface area contributed by atoms with Crippen LogP contribution >= 0.6 is 0 Å². The lowest BCUT2D eigenvalue weighted by molar-refractivity contribution is 0.241. The van der Waals surface area contributed by atoms with Crippen molar-refractivity contribution in [3.63, 3.8) is 0 Å². The average molecular weight is 336 g/mol. The zero-order chi connectivity index (χ0) is 17.1. The second-order valence-corrected chi connectivity index (χ2v) is 6.66. The third-order valence-electron chi connectivity index (χ3n) is 4.86. The molecule has 0 saturated carbocycles. The lowest BCUT2D eigenvalue weighted by Crippen LogP contribution is -2.50. The number of aromatic nitrogens is 3. The summed E-state index contributed by atoms with van der Waals surface area (Å²) in [7, 11) is 0. The first kappa shape index (κ1) is 16.1. The number of fused-ring (bicyclic) bond motifs is 1. The van der Waals surface area contributed by atoms with Crippen molar-refractivity contribution in [3.05, 3.63) is 54.5 Å². The maximum Gasteiger partial charge on any atom is 0.225 e. The minimum absolute atomic E-state index is 0.138. The van der Waals surface area contributed by atoms with Gasteiger partial charge in [0.2, 0.25) is 5.95 Å². The molecular formula is C19H24N6. The van der Waals surface area contributed by atoms with Gasteiger partial charge in [0.25, 0.3) is 0 Å². The van der Waals surface area contributed by atoms with E-state index >= 15 is 0 Å². The fourth-order valence-electron chi connectivity index (χ4n) is 3.56. The first-order valence-electron chi connectivity index (χ1n) is 8.84. The van der Waals surface area contributed by atoms with Gasteiger partial charge in [0, 0.05) is 68.3 Å². The van der Waals surface area contributed by atoms with Crippen LogP contribution in [-0.2, 0) is 6.42 Å². The van der Waals surface area contributed by atoms with Crippen molar-refractivity contribution in [2.24, 2.45) is 5.73 Å². The molecule has 0 radical (unpaired) electrons. The molecule has 3 N–H and O–H groups in total. The van der Waals surface area contributed by atoms with Gasteiger partial charge < -0.3 is 15.6 Å². The van der Waals surface area contributed by atoms with Crippen LogP contribution in [-0.4, -0.2) is 58.6 Å². The Morgan fingerprint density at radius 3 is 2.60 bits per heavy atom. The number of H-pyrrole nitrogens is 1. The Bertz CT molecular complexity index is 807. The Balaban J connectivity index is 1.31. The fraction of sp³-hybridized carbons (Fsp3) is 0.368. The molecule has 1 atom stereocenters. The van der Waals surface area contributed by atoms with Crippen molar-refractivity contribution in [1.82, 2.24) is 19.9 Å². The average Bonchev–Trinajstić information content (AvgIpc) is 3.06. The van der Waals surface area contributed by atoms with E-state index in [1.54, 1.807) is 12.4 Å². The van der Waals surface area contributed by atoms with E-state index in [1.165, 1.54) is 16.5 Å². The number of nitrogens with one attached hydrogen (secondary N) is 1. The minimum atomic E-state index is 0.138. The maximum atomic E-state index is 6.44. The normalized spacial score (nSPS) is 17.1. The summed E-state index contributed by atoms with van der Waals surface area (Å²) in [5.74, 6) is 0.824. The lowest BCUT2D eigenvalue weighted by Gasteiger charge is -2.35. The van der Waals surface area contributed by atoms with Gasteiger partial charge in [0.15, 0.2) is 0 Å². The van der Waals surface area contributed by atoms with Gasteiger partial charge in [-0.2, -0.15) is 0 Å². The van der Waals surface area contributed by atoms with Gasteiger partial charge in [-0.05, 0) is 24.1 Å². The van der Waals surface area contributed by atoms with E-state index in [2.05, 4.69) is 55.2 Å². The van der Waals surface area contributed by atoms with Gasteiger partial charge in [0.05, 0.1) is 0 Å². The fourth-order valence-corrected chi connectivity index (χ4v) is 3.56. The Hall–Kier alpha value is -2.44. The van der Waals surface area contributed by atoms with Gasteiger partial charge in [-0.1, -0.05) is 18.2 Å². The predicted octanol–water partition coefficient (Wildman–Crippen LogP) is 1.65. The Morgan fingerprint density at radius 2 is 1.80 bits per heavy atom. The number of para-hydroxylation sites is 1. The Morgan fingerprint density at radius 1 is 1.04 bits per heavy atom. The Kier molecular flexibility index (Phi) is 4.63. The molecular weight excluding hydrogens is 312 g/mol. The molecule has 0 unspecified atom stereocenters. The van der Waals surface area contributed by atoms with Gasteiger partial charge in [0.1, 0.15) is 0 Å². The number of benzene rings is 1. The molecule has 1 fully saturated rings. The third-order valence-corrected chi connectivity index (χ3v) is 4.86. The number of aromatic amines is 1. The number of piperazine rings is 1. The molecule has 130 valence electrons. The van der Waals surface area contributed by atoms with E-state index in [4.69, 9.17) is 5.73 Å². The van der Waals surface area contributed by atoms with Gasteiger partial charge >= 0.3 is 0 Å². The molecule has 2 aromatic heterocycles. The number of hydrogen-bond donors (Lipinski definition) is 2. The molecule has 1 saturated heterocycles. The standard InChI is InChI=1S/C19H24N6/c20-16(12-15-13-23-18-5-2-1-4-17(15)18)14-24-8-10-25(11-9-24)19-21-6-3-7-22-19/h1-7,13,16,23H,8-12,14,20H2/t16-/m0/s1. The van der Waals surface area contributed by atoms with Crippen molar-refractivity contribution in [1.29, 1.82) is 0 Å². The number of nitrogens with two attached hydrogens (primary N) is 1. The lowest BCUT2D eigenvalue weighted by atomic mass is 10.0. The van der Waals surface area contributed by atoms with Crippen molar-refractivity contribution >= 4 is 16.9 Å².